The third-order valence-electron chi connectivity index (χ3n) is 9.46. The van der Waals surface area contributed by atoms with E-state index in [-0.39, 0.29) is 36.5 Å². The quantitative estimate of drug-likeness (QED) is 0.0761. The van der Waals surface area contributed by atoms with E-state index in [1.165, 1.54) is 20.8 Å². The van der Waals surface area contributed by atoms with Crippen molar-refractivity contribution in [3.63, 3.8) is 0 Å². The fourth-order valence-corrected chi connectivity index (χ4v) is 6.43. The molecule has 0 heterocycles. The zero-order valence-corrected chi connectivity index (χ0v) is 36.0. The van der Waals surface area contributed by atoms with E-state index >= 15 is 0 Å². The summed E-state index contributed by atoms with van der Waals surface area (Å²) in [6.45, 7) is 32.6. The van der Waals surface area contributed by atoms with Crippen LogP contribution in [0.25, 0.3) is 0 Å². The Kier molecular flexibility index (Phi) is 17.7. The van der Waals surface area contributed by atoms with Crippen molar-refractivity contribution < 1.29 is 57.2 Å². The van der Waals surface area contributed by atoms with Crippen molar-refractivity contribution in [2.75, 3.05) is 39.6 Å². The Balaban J connectivity index is 3.30. The molecule has 56 heavy (non-hydrogen) atoms. The van der Waals surface area contributed by atoms with Crippen molar-refractivity contribution in [1.82, 2.24) is 16.0 Å². The van der Waals surface area contributed by atoms with Gasteiger partial charge in [-0.05, 0) is 95.9 Å². The van der Waals surface area contributed by atoms with E-state index in [4.69, 9.17) is 28.4 Å². The van der Waals surface area contributed by atoms with Crippen molar-refractivity contribution >= 4 is 35.6 Å². The molecule has 0 saturated heterocycles. The third kappa shape index (κ3) is 15.8. The Morgan fingerprint density at radius 1 is 0.625 bits per heavy atom. The molecular weight excluding hydrogens is 726 g/mol. The van der Waals surface area contributed by atoms with E-state index < -0.39 is 94.8 Å². The number of ether oxygens (including phenoxy) is 6. The maximum Gasteiger partial charge on any atom is 0.333 e. The van der Waals surface area contributed by atoms with Gasteiger partial charge >= 0.3 is 17.9 Å². The number of carbonyl (C=O) groups excluding carboxylic acids is 6. The predicted octanol–water partition coefficient (Wildman–Crippen LogP) is 4.17. The molecule has 0 radical (unpaired) electrons. The number of hydrogen-bond donors (Lipinski definition) is 3. The van der Waals surface area contributed by atoms with Crippen LogP contribution >= 0.6 is 0 Å². The number of carbonyl (C=O) groups is 6. The lowest BCUT2D eigenvalue weighted by molar-refractivity contribution is -0.178. The van der Waals surface area contributed by atoms with Crippen molar-refractivity contribution in [2.24, 2.45) is 5.41 Å². The monoisotopic (exact) mass is 793 g/mol. The number of hydrogen-bond acceptors (Lipinski definition) is 12. The standard InChI is InChI=1S/C41H67N3O12/c1-17-41(39(14,15)55-24-37(10,11)43-31(46)20-52-34(49)27(4)5)22-40(16,56-25-38(12,13)44-32(47)21-53-35(50)28(6)7)18-29(41)54-23-36(8,9)42-30(45)19-51-33(48)26(2)3/h29H,2,4,6,17-25H2,1,3,5,7-16H3,(H,42,45)(H,43,46)(H,44,47). The minimum Gasteiger partial charge on any atom is -0.452 e. The van der Waals surface area contributed by atoms with Gasteiger partial charge in [0.2, 0.25) is 0 Å². The van der Waals surface area contributed by atoms with Crippen LogP contribution in [-0.2, 0) is 57.2 Å². The lowest BCUT2D eigenvalue weighted by Gasteiger charge is -2.49. The third-order valence-corrected chi connectivity index (χ3v) is 9.46. The lowest BCUT2D eigenvalue weighted by Crippen LogP contribution is -2.56. The number of nitrogens with one attached hydrogen (secondary N) is 3. The van der Waals surface area contributed by atoms with Crippen molar-refractivity contribution in [3.8, 4) is 0 Å². The first-order chi connectivity index (χ1) is 25.4. The van der Waals surface area contributed by atoms with Gasteiger partial charge in [0.15, 0.2) is 19.8 Å². The van der Waals surface area contributed by atoms with Gasteiger partial charge in [-0.15, -0.1) is 0 Å². The molecule has 318 valence electrons. The molecule has 0 aromatic carbocycles. The van der Waals surface area contributed by atoms with Gasteiger partial charge in [0.1, 0.15) is 0 Å². The molecule has 0 aromatic heterocycles. The topological polar surface area (TPSA) is 194 Å². The summed E-state index contributed by atoms with van der Waals surface area (Å²) in [5.41, 5.74) is -4.40. The molecule has 1 fully saturated rings. The number of rotatable bonds is 23. The van der Waals surface area contributed by atoms with Gasteiger partial charge in [0.25, 0.3) is 17.7 Å². The van der Waals surface area contributed by atoms with Crippen LogP contribution in [0.2, 0.25) is 0 Å². The van der Waals surface area contributed by atoms with Crippen LogP contribution in [0.15, 0.2) is 36.5 Å². The normalized spacial score (nSPS) is 20.0. The highest BCUT2D eigenvalue weighted by Gasteiger charge is 2.61. The van der Waals surface area contributed by atoms with Gasteiger partial charge in [-0.3, -0.25) is 14.4 Å². The van der Waals surface area contributed by atoms with Crippen LogP contribution in [0.4, 0.5) is 0 Å². The summed E-state index contributed by atoms with van der Waals surface area (Å²) in [6, 6.07) is 0. The van der Waals surface area contributed by atoms with Crippen LogP contribution < -0.4 is 16.0 Å². The van der Waals surface area contributed by atoms with E-state index in [1.54, 1.807) is 41.5 Å². The second-order valence-corrected chi connectivity index (χ2v) is 17.6. The van der Waals surface area contributed by atoms with Crippen LogP contribution in [-0.4, -0.2) is 109 Å². The molecule has 3 amide bonds. The first-order valence-corrected chi connectivity index (χ1v) is 18.7. The van der Waals surface area contributed by atoms with Crippen LogP contribution in [0.5, 0.6) is 0 Å². The molecule has 1 saturated carbocycles. The second-order valence-electron chi connectivity index (χ2n) is 17.6. The summed E-state index contributed by atoms with van der Waals surface area (Å²) < 4.78 is 35.0. The molecule has 0 aromatic rings. The SMILES string of the molecule is C=C(C)C(=O)OCC(=O)NC(C)(C)COC1CC(C)(OCC(C)(C)NC(=O)COC(=O)C(=C)C)CC1(CC)C(C)(C)OCC(C)(C)NC(=O)COC(=O)C(=C)C. The van der Waals surface area contributed by atoms with Crippen LogP contribution in [0.3, 0.4) is 0 Å². The van der Waals surface area contributed by atoms with Gasteiger partial charge in [0.05, 0.1) is 53.7 Å². The minimum atomic E-state index is -0.886. The summed E-state index contributed by atoms with van der Waals surface area (Å²) in [5, 5.41) is 8.59. The van der Waals surface area contributed by atoms with Crippen molar-refractivity contribution in [2.45, 2.75) is 143 Å². The summed E-state index contributed by atoms with van der Waals surface area (Å²) >= 11 is 0. The molecule has 3 N–H and O–H groups in total. The molecule has 15 heteroatoms. The molecule has 0 spiro atoms. The summed E-state index contributed by atoms with van der Waals surface area (Å²) in [5.74, 6) is -3.50. The van der Waals surface area contributed by atoms with Gasteiger partial charge in [0, 0.05) is 28.6 Å². The predicted molar refractivity (Wildman–Crippen MR) is 210 cm³/mol. The largest absolute Gasteiger partial charge is 0.452 e. The highest BCUT2D eigenvalue weighted by molar-refractivity contribution is 5.90. The molecule has 1 rings (SSSR count). The number of esters is 3. The first-order valence-electron chi connectivity index (χ1n) is 18.7. The van der Waals surface area contributed by atoms with E-state index in [0.29, 0.717) is 19.3 Å². The molecule has 0 bridgehead atoms. The second kappa shape index (κ2) is 19.9. The van der Waals surface area contributed by atoms with Crippen molar-refractivity contribution in [3.05, 3.63) is 36.5 Å². The fraction of sp³-hybridized carbons (Fsp3) is 0.707. The Labute approximate surface area is 333 Å². The van der Waals surface area contributed by atoms with Crippen molar-refractivity contribution in [1.29, 1.82) is 0 Å². The Bertz CT molecular complexity index is 1510. The fourth-order valence-electron chi connectivity index (χ4n) is 6.43. The summed E-state index contributed by atoms with van der Waals surface area (Å²) in [7, 11) is 0. The average molecular weight is 794 g/mol. The molecular formula is C41H67N3O12. The molecule has 15 nitrogen and oxygen atoms in total. The van der Waals surface area contributed by atoms with E-state index in [0.717, 1.165) is 0 Å². The molecule has 1 aliphatic rings. The van der Waals surface area contributed by atoms with Crippen LogP contribution in [0, 0.1) is 5.41 Å². The molecule has 0 aliphatic heterocycles. The Morgan fingerprint density at radius 3 is 1.34 bits per heavy atom. The molecule has 3 unspecified atom stereocenters. The zero-order chi connectivity index (χ0) is 43.5. The molecule has 1 aliphatic carbocycles. The Hall–Kier alpha value is -4.08. The lowest BCUT2D eigenvalue weighted by atomic mass is 9.68. The van der Waals surface area contributed by atoms with E-state index in [2.05, 4.69) is 35.7 Å². The van der Waals surface area contributed by atoms with E-state index in [1.807, 2.05) is 27.7 Å². The maximum absolute atomic E-state index is 12.7. The van der Waals surface area contributed by atoms with Crippen LogP contribution in [0.1, 0.15) is 109 Å². The zero-order valence-electron chi connectivity index (χ0n) is 36.0. The van der Waals surface area contributed by atoms with Gasteiger partial charge < -0.3 is 44.4 Å². The smallest absolute Gasteiger partial charge is 0.333 e. The average Bonchev–Trinajstić information content (AvgIpc) is 3.38. The number of amides is 3. The van der Waals surface area contributed by atoms with Gasteiger partial charge in [-0.25, -0.2) is 14.4 Å². The van der Waals surface area contributed by atoms with E-state index in [9.17, 15) is 28.8 Å². The summed E-state index contributed by atoms with van der Waals surface area (Å²) in [4.78, 5) is 73.5. The Morgan fingerprint density at radius 2 is 0.982 bits per heavy atom. The minimum absolute atomic E-state index is 0.0840. The molecule has 3 atom stereocenters. The maximum atomic E-state index is 12.7. The van der Waals surface area contributed by atoms with Gasteiger partial charge in [-0.1, -0.05) is 26.7 Å². The first kappa shape index (κ1) is 49.9. The summed E-state index contributed by atoms with van der Waals surface area (Å²) in [6.07, 6.45) is 1.01. The highest BCUT2D eigenvalue weighted by atomic mass is 16.6. The van der Waals surface area contributed by atoms with Gasteiger partial charge in [-0.2, -0.15) is 0 Å². The highest BCUT2D eigenvalue weighted by Crippen LogP contribution is 2.57.